The van der Waals surface area contributed by atoms with Gasteiger partial charge in [0.15, 0.2) is 0 Å². The largest absolute Gasteiger partial charge is 0.355 e. The third-order valence-corrected chi connectivity index (χ3v) is 6.05. The van der Waals surface area contributed by atoms with E-state index >= 15 is 0 Å². The van der Waals surface area contributed by atoms with Crippen LogP contribution in [0.25, 0.3) is 0 Å². The normalized spacial score (nSPS) is 18.5. The lowest BCUT2D eigenvalue weighted by molar-refractivity contribution is -0.123. The maximum absolute atomic E-state index is 12.1. The number of thioether (sulfide) groups is 1. The lowest BCUT2D eigenvalue weighted by Crippen LogP contribution is -2.39. The van der Waals surface area contributed by atoms with Gasteiger partial charge in [0.1, 0.15) is 0 Å². The Morgan fingerprint density at radius 2 is 1.95 bits per heavy atom. The summed E-state index contributed by atoms with van der Waals surface area (Å²) in [4.78, 5) is 12.1. The van der Waals surface area contributed by atoms with Crippen molar-refractivity contribution in [3.05, 3.63) is 0 Å². The molecule has 1 amide bonds. The standard InChI is InChI=1S/C17H34N2OS/c1-4-8-16(2,3)21-12-11-19-15(20)13-17(14-18)9-6-5-7-10-17/h4-14,18H2,1-3H3,(H,19,20). The zero-order valence-corrected chi connectivity index (χ0v) is 15.0. The maximum atomic E-state index is 12.1. The van der Waals surface area contributed by atoms with E-state index in [2.05, 4.69) is 26.1 Å². The highest BCUT2D eigenvalue weighted by Crippen LogP contribution is 2.38. The van der Waals surface area contributed by atoms with Crippen molar-refractivity contribution in [2.24, 2.45) is 11.1 Å². The molecule has 3 N–H and O–H groups in total. The van der Waals surface area contributed by atoms with Crippen LogP contribution in [-0.2, 0) is 4.79 Å². The van der Waals surface area contributed by atoms with Gasteiger partial charge in [-0.15, -0.1) is 0 Å². The van der Waals surface area contributed by atoms with Gasteiger partial charge in [-0.25, -0.2) is 0 Å². The Bertz CT molecular complexity index is 312. The van der Waals surface area contributed by atoms with E-state index in [4.69, 9.17) is 5.73 Å². The Hall–Kier alpha value is -0.220. The SMILES string of the molecule is CCCC(C)(C)SCCNC(=O)CC1(CN)CCCCC1. The highest BCUT2D eigenvalue weighted by atomic mass is 32.2. The maximum Gasteiger partial charge on any atom is 0.220 e. The first kappa shape index (κ1) is 18.8. The summed E-state index contributed by atoms with van der Waals surface area (Å²) in [6.45, 7) is 8.22. The molecule has 0 unspecified atom stereocenters. The van der Waals surface area contributed by atoms with Crippen LogP contribution in [0.4, 0.5) is 0 Å². The second kappa shape index (κ2) is 9.04. The van der Waals surface area contributed by atoms with Crippen LogP contribution in [0.2, 0.25) is 0 Å². The minimum Gasteiger partial charge on any atom is -0.355 e. The van der Waals surface area contributed by atoms with Gasteiger partial charge in [0.25, 0.3) is 0 Å². The second-order valence-electron chi connectivity index (χ2n) is 7.15. The third-order valence-electron chi connectivity index (χ3n) is 4.65. The van der Waals surface area contributed by atoms with E-state index in [1.807, 2.05) is 11.8 Å². The first-order valence-electron chi connectivity index (χ1n) is 8.54. The molecule has 1 aliphatic rings. The van der Waals surface area contributed by atoms with Crippen LogP contribution in [0, 0.1) is 5.41 Å². The van der Waals surface area contributed by atoms with Crippen LogP contribution >= 0.6 is 11.8 Å². The highest BCUT2D eigenvalue weighted by molar-refractivity contribution is 8.00. The van der Waals surface area contributed by atoms with E-state index in [0.29, 0.717) is 17.7 Å². The molecule has 4 heteroatoms. The van der Waals surface area contributed by atoms with Crippen LogP contribution < -0.4 is 11.1 Å². The van der Waals surface area contributed by atoms with Gasteiger partial charge >= 0.3 is 0 Å². The summed E-state index contributed by atoms with van der Waals surface area (Å²) in [5.41, 5.74) is 6.03. The second-order valence-corrected chi connectivity index (χ2v) is 8.95. The van der Waals surface area contributed by atoms with Gasteiger partial charge in [0.05, 0.1) is 0 Å². The van der Waals surface area contributed by atoms with Crippen LogP contribution in [0.15, 0.2) is 0 Å². The Kier molecular flexibility index (Phi) is 8.10. The van der Waals surface area contributed by atoms with Crippen molar-refractivity contribution in [2.75, 3.05) is 18.8 Å². The number of hydrogen-bond donors (Lipinski definition) is 2. The fourth-order valence-electron chi connectivity index (χ4n) is 3.35. The average Bonchev–Trinajstić information content (AvgIpc) is 2.44. The molecule has 0 spiro atoms. The van der Waals surface area contributed by atoms with Crippen molar-refractivity contribution >= 4 is 17.7 Å². The zero-order chi connectivity index (χ0) is 15.8. The predicted molar refractivity (Wildman–Crippen MR) is 93.6 cm³/mol. The van der Waals surface area contributed by atoms with Crippen molar-refractivity contribution in [3.8, 4) is 0 Å². The molecule has 0 radical (unpaired) electrons. The Balaban J connectivity index is 2.24. The smallest absolute Gasteiger partial charge is 0.220 e. The summed E-state index contributed by atoms with van der Waals surface area (Å²) in [7, 11) is 0. The van der Waals surface area contributed by atoms with Gasteiger partial charge in [-0.3, -0.25) is 4.79 Å². The van der Waals surface area contributed by atoms with Crippen molar-refractivity contribution in [1.82, 2.24) is 5.32 Å². The van der Waals surface area contributed by atoms with Gasteiger partial charge in [-0.2, -0.15) is 11.8 Å². The van der Waals surface area contributed by atoms with Crippen LogP contribution in [0.3, 0.4) is 0 Å². The zero-order valence-electron chi connectivity index (χ0n) is 14.2. The molecule has 0 aromatic rings. The first-order chi connectivity index (χ1) is 9.93. The van der Waals surface area contributed by atoms with Gasteiger partial charge < -0.3 is 11.1 Å². The molecule has 0 saturated heterocycles. The lowest BCUT2D eigenvalue weighted by Gasteiger charge is -2.35. The highest BCUT2D eigenvalue weighted by Gasteiger charge is 2.32. The molecule has 0 atom stereocenters. The van der Waals surface area contributed by atoms with E-state index in [9.17, 15) is 4.79 Å². The summed E-state index contributed by atoms with van der Waals surface area (Å²) in [6.07, 6.45) is 9.05. The number of rotatable bonds is 9. The molecule has 0 aromatic carbocycles. The molecule has 1 rings (SSSR count). The number of amides is 1. The van der Waals surface area contributed by atoms with Crippen molar-refractivity contribution < 1.29 is 4.79 Å². The minimum absolute atomic E-state index is 0.0803. The first-order valence-corrected chi connectivity index (χ1v) is 9.52. The lowest BCUT2D eigenvalue weighted by atomic mass is 9.72. The van der Waals surface area contributed by atoms with Crippen LogP contribution in [-0.4, -0.2) is 29.5 Å². The fraction of sp³-hybridized carbons (Fsp3) is 0.941. The quantitative estimate of drug-likeness (QED) is 0.638. The minimum atomic E-state index is 0.0803. The van der Waals surface area contributed by atoms with E-state index in [1.54, 1.807) is 0 Å². The Labute approximate surface area is 135 Å². The molecular weight excluding hydrogens is 280 g/mol. The predicted octanol–water partition coefficient (Wildman–Crippen LogP) is 3.71. The molecule has 0 heterocycles. The van der Waals surface area contributed by atoms with Gasteiger partial charge in [0.2, 0.25) is 5.91 Å². The Morgan fingerprint density at radius 3 is 2.52 bits per heavy atom. The molecule has 1 saturated carbocycles. The topological polar surface area (TPSA) is 55.1 Å². The van der Waals surface area contributed by atoms with Crippen LogP contribution in [0.5, 0.6) is 0 Å². The number of carbonyl (C=O) groups excluding carboxylic acids is 1. The van der Waals surface area contributed by atoms with Gasteiger partial charge in [-0.1, -0.05) is 46.5 Å². The summed E-state index contributed by atoms with van der Waals surface area (Å²) in [5, 5.41) is 3.09. The average molecular weight is 315 g/mol. The number of nitrogens with two attached hydrogens (primary N) is 1. The molecule has 1 aliphatic carbocycles. The Morgan fingerprint density at radius 1 is 1.29 bits per heavy atom. The molecule has 124 valence electrons. The summed E-state index contributed by atoms with van der Waals surface area (Å²) >= 11 is 1.96. The number of nitrogens with one attached hydrogen (secondary N) is 1. The molecule has 21 heavy (non-hydrogen) atoms. The van der Waals surface area contributed by atoms with Crippen molar-refractivity contribution in [1.29, 1.82) is 0 Å². The molecule has 3 nitrogen and oxygen atoms in total. The number of hydrogen-bond acceptors (Lipinski definition) is 3. The molecule has 0 aliphatic heterocycles. The van der Waals surface area contributed by atoms with E-state index in [-0.39, 0.29) is 11.3 Å². The monoisotopic (exact) mass is 314 g/mol. The summed E-state index contributed by atoms with van der Waals surface area (Å²) in [6, 6.07) is 0. The fourth-order valence-corrected chi connectivity index (χ4v) is 4.46. The third kappa shape index (κ3) is 7.05. The van der Waals surface area contributed by atoms with E-state index in [1.165, 1.54) is 32.1 Å². The van der Waals surface area contributed by atoms with Gasteiger partial charge in [-0.05, 0) is 31.2 Å². The molecule has 0 aromatic heterocycles. The summed E-state index contributed by atoms with van der Waals surface area (Å²) < 4.78 is 0.321. The molecule has 1 fully saturated rings. The van der Waals surface area contributed by atoms with Gasteiger partial charge in [0, 0.05) is 23.5 Å². The van der Waals surface area contributed by atoms with Crippen molar-refractivity contribution in [3.63, 3.8) is 0 Å². The van der Waals surface area contributed by atoms with Crippen molar-refractivity contribution in [2.45, 2.75) is 76.9 Å². The van der Waals surface area contributed by atoms with Crippen LogP contribution in [0.1, 0.15) is 72.1 Å². The van der Waals surface area contributed by atoms with E-state index in [0.717, 1.165) is 25.1 Å². The summed E-state index contributed by atoms with van der Waals surface area (Å²) in [5.74, 6) is 1.19. The molecule has 0 bridgehead atoms. The number of carbonyl (C=O) groups is 1. The molecular formula is C17H34N2OS. The van der Waals surface area contributed by atoms with E-state index < -0.39 is 0 Å².